The van der Waals surface area contributed by atoms with Crippen LogP contribution in [0.2, 0.25) is 0 Å². The van der Waals surface area contributed by atoms with E-state index in [9.17, 15) is 9.59 Å². The third-order valence-electron chi connectivity index (χ3n) is 2.83. The second kappa shape index (κ2) is 6.01. The van der Waals surface area contributed by atoms with Crippen LogP contribution in [0.3, 0.4) is 0 Å². The average molecular weight is 352 g/mol. The number of benzene rings is 1. The fraction of sp³-hybridized carbons (Fsp3) is 0.143. The monoisotopic (exact) mass is 351 g/mol. The largest absolute Gasteiger partial charge is 0.477 e. The van der Waals surface area contributed by atoms with Crippen molar-refractivity contribution in [2.75, 3.05) is 10.6 Å². The van der Waals surface area contributed by atoms with Crippen molar-refractivity contribution in [1.29, 1.82) is 0 Å². The van der Waals surface area contributed by atoms with E-state index in [0.717, 1.165) is 10.0 Å². The fourth-order valence-corrected chi connectivity index (χ4v) is 2.11. The number of urea groups is 1. The van der Waals surface area contributed by atoms with Gasteiger partial charge in [0.05, 0.1) is 5.69 Å². The number of carboxylic acid groups (broad SMARTS) is 1. The van der Waals surface area contributed by atoms with Gasteiger partial charge in [-0.3, -0.25) is 0 Å². The van der Waals surface area contributed by atoms with Gasteiger partial charge in [0, 0.05) is 15.9 Å². The number of aromatic amines is 1. The first-order valence-corrected chi connectivity index (χ1v) is 6.93. The van der Waals surface area contributed by atoms with Gasteiger partial charge < -0.3 is 20.7 Å². The maximum Gasteiger partial charge on any atom is 0.354 e. The Hall–Kier alpha value is -2.28. The Labute approximate surface area is 129 Å². The number of anilines is 2. The van der Waals surface area contributed by atoms with Crippen LogP contribution in [0.4, 0.5) is 16.2 Å². The number of aromatic nitrogens is 1. The molecule has 0 aliphatic heterocycles. The minimum absolute atomic E-state index is 0.0466. The number of carbonyl (C=O) groups excluding carboxylic acids is 1. The number of H-pyrrole nitrogens is 1. The van der Waals surface area contributed by atoms with E-state index in [2.05, 4.69) is 31.5 Å². The molecule has 0 aliphatic carbocycles. The third kappa shape index (κ3) is 3.63. The summed E-state index contributed by atoms with van der Waals surface area (Å²) in [6, 6.07) is 6.45. The van der Waals surface area contributed by atoms with Gasteiger partial charge in [0.2, 0.25) is 0 Å². The van der Waals surface area contributed by atoms with Crippen molar-refractivity contribution in [3.63, 3.8) is 0 Å². The molecule has 21 heavy (non-hydrogen) atoms. The first-order valence-electron chi connectivity index (χ1n) is 6.14. The van der Waals surface area contributed by atoms with Crippen LogP contribution < -0.4 is 10.6 Å². The molecular weight excluding hydrogens is 338 g/mol. The molecule has 0 spiro atoms. The molecule has 4 N–H and O–H groups in total. The Morgan fingerprint density at radius 3 is 2.52 bits per heavy atom. The summed E-state index contributed by atoms with van der Waals surface area (Å²) in [5.74, 6) is -1.13. The number of aryl methyl sites for hydroxylation is 2. The Kier molecular flexibility index (Phi) is 4.32. The summed E-state index contributed by atoms with van der Waals surface area (Å²) in [5.41, 5.74) is 2.44. The molecule has 2 aromatic rings. The molecule has 0 bridgehead atoms. The molecule has 0 unspecified atom stereocenters. The van der Waals surface area contributed by atoms with Crippen LogP contribution in [-0.2, 0) is 0 Å². The van der Waals surface area contributed by atoms with E-state index in [1.165, 1.54) is 0 Å². The lowest BCUT2D eigenvalue weighted by Crippen LogP contribution is -2.20. The lowest BCUT2D eigenvalue weighted by atomic mass is 10.2. The SMILES string of the molecule is Cc1cc(NC(=O)Nc2ccc(Br)c(C)c2)c(C(=O)O)[nH]1. The molecule has 0 saturated carbocycles. The van der Waals surface area contributed by atoms with Gasteiger partial charge in [-0.1, -0.05) is 15.9 Å². The summed E-state index contributed by atoms with van der Waals surface area (Å²) in [6.07, 6.45) is 0. The van der Waals surface area contributed by atoms with Crippen molar-refractivity contribution in [3.8, 4) is 0 Å². The Morgan fingerprint density at radius 1 is 1.19 bits per heavy atom. The van der Waals surface area contributed by atoms with Gasteiger partial charge in [-0.15, -0.1) is 0 Å². The summed E-state index contributed by atoms with van der Waals surface area (Å²) in [7, 11) is 0. The van der Waals surface area contributed by atoms with Gasteiger partial charge in [-0.25, -0.2) is 9.59 Å². The zero-order chi connectivity index (χ0) is 15.6. The number of amides is 2. The minimum atomic E-state index is -1.13. The maximum atomic E-state index is 11.9. The fourth-order valence-electron chi connectivity index (χ4n) is 1.86. The number of hydrogen-bond donors (Lipinski definition) is 4. The molecule has 2 rings (SSSR count). The van der Waals surface area contributed by atoms with E-state index in [-0.39, 0.29) is 11.4 Å². The smallest absolute Gasteiger partial charge is 0.354 e. The summed E-state index contributed by atoms with van der Waals surface area (Å²) in [4.78, 5) is 25.7. The van der Waals surface area contributed by atoms with E-state index in [4.69, 9.17) is 5.11 Å². The van der Waals surface area contributed by atoms with Gasteiger partial charge in [-0.2, -0.15) is 0 Å². The first kappa shape index (κ1) is 15.1. The van der Waals surface area contributed by atoms with Crippen LogP contribution in [0, 0.1) is 13.8 Å². The van der Waals surface area contributed by atoms with E-state index in [1.807, 2.05) is 19.1 Å². The van der Waals surface area contributed by atoms with Gasteiger partial charge in [0.15, 0.2) is 0 Å². The van der Waals surface area contributed by atoms with Crippen molar-refractivity contribution in [3.05, 3.63) is 45.7 Å². The highest BCUT2D eigenvalue weighted by Crippen LogP contribution is 2.21. The molecule has 110 valence electrons. The quantitative estimate of drug-likeness (QED) is 0.678. The summed E-state index contributed by atoms with van der Waals surface area (Å²) < 4.78 is 0.947. The second-order valence-electron chi connectivity index (χ2n) is 4.59. The molecule has 0 fully saturated rings. The van der Waals surface area contributed by atoms with E-state index < -0.39 is 12.0 Å². The molecular formula is C14H14BrN3O3. The van der Waals surface area contributed by atoms with Crippen LogP contribution in [0.25, 0.3) is 0 Å². The minimum Gasteiger partial charge on any atom is -0.477 e. The highest BCUT2D eigenvalue weighted by atomic mass is 79.9. The van der Waals surface area contributed by atoms with Gasteiger partial charge in [0.25, 0.3) is 0 Å². The zero-order valence-electron chi connectivity index (χ0n) is 11.5. The predicted octanol–water partition coefficient (Wildman–Crippen LogP) is 3.74. The molecule has 7 heteroatoms. The Balaban J connectivity index is 2.11. The summed E-state index contributed by atoms with van der Waals surface area (Å²) >= 11 is 3.38. The van der Waals surface area contributed by atoms with Crippen LogP contribution >= 0.6 is 15.9 Å². The summed E-state index contributed by atoms with van der Waals surface area (Å²) in [5, 5.41) is 14.2. The molecule has 1 aromatic carbocycles. The second-order valence-corrected chi connectivity index (χ2v) is 5.44. The molecule has 0 aliphatic rings. The van der Waals surface area contributed by atoms with Crippen LogP contribution in [0.15, 0.2) is 28.7 Å². The van der Waals surface area contributed by atoms with Crippen LogP contribution in [0.5, 0.6) is 0 Å². The van der Waals surface area contributed by atoms with Crippen LogP contribution in [0.1, 0.15) is 21.7 Å². The van der Waals surface area contributed by atoms with Gasteiger partial charge >= 0.3 is 12.0 Å². The predicted molar refractivity (Wildman–Crippen MR) is 84.0 cm³/mol. The van der Waals surface area contributed by atoms with Gasteiger partial charge in [0.1, 0.15) is 5.69 Å². The number of carboxylic acids is 1. The van der Waals surface area contributed by atoms with E-state index in [1.54, 1.807) is 19.1 Å². The van der Waals surface area contributed by atoms with Crippen molar-refractivity contribution in [2.24, 2.45) is 0 Å². The Bertz CT molecular complexity index is 709. The molecule has 1 aromatic heterocycles. The number of carbonyl (C=O) groups is 2. The highest BCUT2D eigenvalue weighted by molar-refractivity contribution is 9.10. The van der Waals surface area contributed by atoms with Gasteiger partial charge in [-0.05, 0) is 43.7 Å². The number of rotatable bonds is 3. The highest BCUT2D eigenvalue weighted by Gasteiger charge is 2.15. The molecule has 1 heterocycles. The Morgan fingerprint density at radius 2 is 1.90 bits per heavy atom. The van der Waals surface area contributed by atoms with E-state index >= 15 is 0 Å². The summed E-state index contributed by atoms with van der Waals surface area (Å²) in [6.45, 7) is 3.62. The number of halogens is 1. The lowest BCUT2D eigenvalue weighted by molar-refractivity contribution is 0.0692. The molecule has 6 nitrogen and oxygen atoms in total. The molecule has 0 saturated heterocycles. The molecule has 2 amide bonds. The van der Waals surface area contributed by atoms with E-state index in [0.29, 0.717) is 11.4 Å². The maximum absolute atomic E-state index is 11.9. The average Bonchev–Trinajstić information content (AvgIpc) is 2.75. The number of aromatic carboxylic acids is 1. The van der Waals surface area contributed by atoms with Crippen molar-refractivity contribution in [1.82, 2.24) is 4.98 Å². The standard InChI is InChI=1S/C14H14BrN3O3/c1-7-5-9(3-4-10(7)15)17-14(21)18-11-6-8(2)16-12(11)13(19)20/h3-6,16H,1-2H3,(H,19,20)(H2,17,18,21). The van der Waals surface area contributed by atoms with Crippen molar-refractivity contribution >= 4 is 39.3 Å². The molecule has 0 radical (unpaired) electrons. The lowest BCUT2D eigenvalue weighted by Gasteiger charge is -2.08. The van der Waals surface area contributed by atoms with Crippen LogP contribution in [-0.4, -0.2) is 22.1 Å². The zero-order valence-corrected chi connectivity index (χ0v) is 13.0. The topological polar surface area (TPSA) is 94.2 Å². The molecule has 0 atom stereocenters. The normalized spacial score (nSPS) is 10.2. The first-order chi connectivity index (χ1) is 9.86. The number of nitrogens with one attached hydrogen (secondary N) is 3. The van der Waals surface area contributed by atoms with Crippen molar-refractivity contribution < 1.29 is 14.7 Å². The number of hydrogen-bond acceptors (Lipinski definition) is 2. The third-order valence-corrected chi connectivity index (χ3v) is 3.72. The van der Waals surface area contributed by atoms with Crippen molar-refractivity contribution in [2.45, 2.75) is 13.8 Å².